The molecule has 0 saturated heterocycles. The normalized spacial score (nSPS) is 14.9. The molecule has 4 aromatic carbocycles. The van der Waals surface area contributed by atoms with Crippen molar-refractivity contribution in [2.45, 2.75) is 32.7 Å². The van der Waals surface area contributed by atoms with Crippen molar-refractivity contribution in [3.05, 3.63) is 117 Å². The zero-order valence-corrected chi connectivity index (χ0v) is 27.0. The number of non-ortho nitro benzene ring substituents is 1. The Morgan fingerprint density at radius 3 is 2.53 bits per heavy atom. The topological polar surface area (TPSA) is 183 Å². The van der Waals surface area contributed by atoms with E-state index >= 15 is 0 Å². The van der Waals surface area contributed by atoms with Crippen molar-refractivity contribution in [2.75, 3.05) is 20.3 Å². The maximum atomic E-state index is 12.5. The maximum absolute atomic E-state index is 12.5. The van der Waals surface area contributed by atoms with Crippen LogP contribution < -0.4 is 30.3 Å². The molecule has 0 aromatic heterocycles. The van der Waals surface area contributed by atoms with Crippen molar-refractivity contribution in [1.82, 2.24) is 16.1 Å². The van der Waals surface area contributed by atoms with Crippen molar-refractivity contribution in [3.8, 4) is 17.2 Å². The van der Waals surface area contributed by atoms with Crippen molar-refractivity contribution in [1.29, 1.82) is 0 Å². The number of aliphatic hydroxyl groups is 1. The number of carbonyl (C=O) groups excluding carboxylic acids is 2. The summed E-state index contributed by atoms with van der Waals surface area (Å²) in [5.74, 6) is 0.609. The van der Waals surface area contributed by atoms with E-state index in [-0.39, 0.29) is 24.5 Å². The summed E-state index contributed by atoms with van der Waals surface area (Å²) in [5, 5.41) is 33.0. The lowest BCUT2D eigenvalue weighted by molar-refractivity contribution is -0.384. The third kappa shape index (κ3) is 8.23. The van der Waals surface area contributed by atoms with Crippen LogP contribution in [0.2, 0.25) is 0 Å². The van der Waals surface area contributed by atoms with Crippen molar-refractivity contribution < 1.29 is 38.6 Å². The van der Waals surface area contributed by atoms with Crippen LogP contribution >= 0.6 is 0 Å². The van der Waals surface area contributed by atoms with Crippen molar-refractivity contribution in [2.24, 2.45) is 5.10 Å². The highest BCUT2D eigenvalue weighted by atomic mass is 16.6. The van der Waals surface area contributed by atoms with Gasteiger partial charge < -0.3 is 34.7 Å². The minimum absolute atomic E-state index is 0.00375. The van der Waals surface area contributed by atoms with Gasteiger partial charge in [-0.2, -0.15) is 5.10 Å². The molecule has 4 aromatic rings. The average Bonchev–Trinajstić information content (AvgIpc) is 3.10. The predicted molar refractivity (Wildman–Crippen MR) is 180 cm³/mol. The van der Waals surface area contributed by atoms with Crippen LogP contribution in [-0.2, 0) is 16.1 Å². The van der Waals surface area contributed by atoms with Crippen molar-refractivity contribution in [3.63, 3.8) is 0 Å². The smallest absolute Gasteiger partial charge is 0.337 e. The number of methoxy groups -OCH3 is 1. The van der Waals surface area contributed by atoms with Crippen LogP contribution in [0.25, 0.3) is 10.8 Å². The van der Waals surface area contributed by atoms with E-state index in [4.69, 9.17) is 18.9 Å². The highest BCUT2D eigenvalue weighted by molar-refractivity contribution is 6.02. The van der Waals surface area contributed by atoms with Crippen LogP contribution in [0, 0.1) is 10.1 Å². The summed E-state index contributed by atoms with van der Waals surface area (Å²) in [7, 11) is 1.27. The minimum Gasteiger partial charge on any atom is -0.490 e. The molecule has 0 radical (unpaired) electrons. The molecule has 0 fully saturated rings. The van der Waals surface area contributed by atoms with E-state index in [1.807, 2.05) is 36.4 Å². The third-order valence-electron chi connectivity index (χ3n) is 7.56. The molecule has 2 atom stereocenters. The molecule has 14 heteroatoms. The molecule has 1 heterocycles. The number of hydrogen-bond donors (Lipinski definition) is 4. The zero-order valence-electron chi connectivity index (χ0n) is 27.0. The molecule has 14 nitrogen and oxygen atoms in total. The molecule has 49 heavy (non-hydrogen) atoms. The number of rotatable bonds is 14. The van der Waals surface area contributed by atoms with Gasteiger partial charge in [0.1, 0.15) is 19.0 Å². The average molecular weight is 670 g/mol. The monoisotopic (exact) mass is 669 g/mol. The van der Waals surface area contributed by atoms with E-state index in [9.17, 15) is 24.8 Å². The van der Waals surface area contributed by atoms with E-state index in [2.05, 4.69) is 21.2 Å². The van der Waals surface area contributed by atoms with E-state index in [1.165, 1.54) is 19.2 Å². The molecule has 0 aliphatic carbocycles. The number of nitro groups is 1. The van der Waals surface area contributed by atoms with Crippen LogP contribution in [0.4, 0.5) is 10.5 Å². The van der Waals surface area contributed by atoms with E-state index in [0.717, 1.165) is 16.3 Å². The number of esters is 1. The van der Waals surface area contributed by atoms with Crippen LogP contribution in [0.1, 0.15) is 36.6 Å². The van der Waals surface area contributed by atoms with Crippen LogP contribution in [-0.4, -0.2) is 54.8 Å². The molecule has 254 valence electrons. The Kier molecular flexibility index (Phi) is 10.9. The molecule has 1 aliphatic rings. The van der Waals surface area contributed by atoms with E-state index < -0.39 is 29.2 Å². The Labute approximate surface area is 281 Å². The molecule has 0 bridgehead atoms. The zero-order chi connectivity index (χ0) is 34.9. The number of hydrogen-bond acceptors (Lipinski definition) is 11. The highest BCUT2D eigenvalue weighted by Crippen LogP contribution is 2.35. The van der Waals surface area contributed by atoms with Crippen molar-refractivity contribution >= 4 is 34.7 Å². The predicted octanol–water partition coefficient (Wildman–Crippen LogP) is 4.85. The lowest BCUT2D eigenvalue weighted by atomic mass is 9.95. The lowest BCUT2D eigenvalue weighted by Gasteiger charge is -2.28. The quantitative estimate of drug-likeness (QED) is 0.0476. The summed E-state index contributed by atoms with van der Waals surface area (Å²) in [6.45, 7) is 3.70. The number of nitro benzene ring substituents is 1. The Hall–Kier alpha value is -6.15. The number of nitrogens with one attached hydrogen (secondary N) is 3. The Morgan fingerprint density at radius 2 is 1.80 bits per heavy atom. The van der Waals surface area contributed by atoms with Crippen LogP contribution in [0.5, 0.6) is 17.2 Å². The molecule has 4 N–H and O–H groups in total. The largest absolute Gasteiger partial charge is 0.490 e. The molecular formula is C35H35N5O9. The number of carbonyl (C=O) groups is 2. The lowest BCUT2D eigenvalue weighted by Crippen LogP contribution is -2.45. The number of allylic oxidation sites excluding steroid dienone is 1. The van der Waals surface area contributed by atoms with Gasteiger partial charge in [0.25, 0.3) is 5.69 Å². The summed E-state index contributed by atoms with van der Waals surface area (Å²) in [6.07, 6.45) is 0.323. The molecule has 2 amide bonds. The first-order valence-electron chi connectivity index (χ1n) is 15.3. The molecule has 0 saturated carbocycles. The number of aliphatic hydroxyl groups excluding tert-OH is 1. The van der Waals surface area contributed by atoms with E-state index in [1.54, 1.807) is 50.4 Å². The number of urea groups is 1. The second-order valence-corrected chi connectivity index (χ2v) is 10.8. The number of fused-ring (bicyclic) bond motifs is 1. The summed E-state index contributed by atoms with van der Waals surface area (Å²) in [4.78, 5) is 35.2. The first-order chi connectivity index (χ1) is 23.7. The van der Waals surface area contributed by atoms with Gasteiger partial charge in [0, 0.05) is 23.4 Å². The Balaban J connectivity index is 1.27. The van der Waals surface area contributed by atoms with Gasteiger partial charge in [0.05, 0.1) is 36.5 Å². The maximum Gasteiger partial charge on any atom is 0.337 e. The molecule has 5 rings (SSSR count). The first kappa shape index (κ1) is 34.2. The van der Waals surface area contributed by atoms with Gasteiger partial charge in [-0.05, 0) is 66.1 Å². The summed E-state index contributed by atoms with van der Waals surface area (Å²) in [5.41, 5.74) is 5.26. The second kappa shape index (κ2) is 15.6. The highest BCUT2D eigenvalue weighted by Gasteiger charge is 2.32. The number of benzene rings is 4. The second-order valence-electron chi connectivity index (χ2n) is 10.8. The molecule has 0 spiro atoms. The van der Waals surface area contributed by atoms with Gasteiger partial charge in [0.15, 0.2) is 17.7 Å². The fourth-order valence-electron chi connectivity index (χ4n) is 5.22. The van der Waals surface area contributed by atoms with Gasteiger partial charge in [-0.25, -0.2) is 9.59 Å². The van der Waals surface area contributed by atoms with Gasteiger partial charge in [-0.1, -0.05) is 36.4 Å². The SMILES string of the molecule is CCOc1cc([C@@H]2NC(=O)NC(C)=C2C(=O)OC)ccc1OC[C@H](O)N/N=C/c1c(OCc2ccc([N+](=O)[O-])cc2)ccc2ccccc12. The molecule has 1 aliphatic heterocycles. The Morgan fingerprint density at radius 1 is 1.04 bits per heavy atom. The number of nitrogens with zero attached hydrogens (tertiary/aromatic N) is 2. The summed E-state index contributed by atoms with van der Waals surface area (Å²) < 4.78 is 22.6. The third-order valence-corrected chi connectivity index (χ3v) is 7.56. The fraction of sp³-hybridized carbons (Fsp3) is 0.229. The van der Waals surface area contributed by atoms with Gasteiger partial charge >= 0.3 is 12.0 Å². The fourth-order valence-corrected chi connectivity index (χ4v) is 5.22. The summed E-state index contributed by atoms with van der Waals surface area (Å²) in [6, 6.07) is 21.3. The van der Waals surface area contributed by atoms with Gasteiger partial charge in [-0.15, -0.1) is 0 Å². The van der Waals surface area contributed by atoms with Crippen LogP contribution in [0.15, 0.2) is 95.2 Å². The molecular weight excluding hydrogens is 634 g/mol. The standard InChI is InChI=1S/C35H35N5O9/c1-4-47-30-17-24(33-32(34(42)46-3)21(2)37-35(43)38-33)12-16-29(30)49-20-31(41)39-36-18-27-26-8-6-5-7-23(26)11-15-28(27)48-19-22-9-13-25(14-10-22)40(44)45/h5-18,31,33,39,41H,4,19-20H2,1-3H3,(H2,37,38,43)/b36-18+/t31-,33-/m0/s1. The van der Waals surface area contributed by atoms with Crippen LogP contribution in [0.3, 0.4) is 0 Å². The molecule has 0 unspecified atom stereocenters. The number of amides is 2. The van der Waals surface area contributed by atoms with Gasteiger partial charge in [0.2, 0.25) is 0 Å². The Bertz CT molecular complexity index is 1910. The number of ether oxygens (including phenoxy) is 4. The summed E-state index contributed by atoms with van der Waals surface area (Å²) >= 11 is 0. The van der Waals surface area contributed by atoms with E-state index in [0.29, 0.717) is 40.7 Å². The first-order valence-corrected chi connectivity index (χ1v) is 15.3. The number of hydrazone groups is 1. The minimum atomic E-state index is -1.22. The van der Waals surface area contributed by atoms with Gasteiger partial charge in [-0.3, -0.25) is 15.5 Å².